The molecule has 0 aliphatic carbocycles. The maximum Gasteiger partial charge on any atom is 0.221 e. The average Bonchev–Trinajstić information content (AvgIpc) is 2.95. The van der Waals surface area contributed by atoms with Gasteiger partial charge >= 0.3 is 0 Å². The second kappa shape index (κ2) is 8.05. The lowest BCUT2D eigenvalue weighted by molar-refractivity contribution is 0.284. The van der Waals surface area contributed by atoms with E-state index in [0.29, 0.717) is 24.1 Å². The minimum Gasteiger partial charge on any atom is -0.493 e. The van der Waals surface area contributed by atoms with Crippen LogP contribution in [-0.2, 0) is 6.61 Å². The van der Waals surface area contributed by atoms with Crippen LogP contribution in [0, 0.1) is 6.92 Å². The summed E-state index contributed by atoms with van der Waals surface area (Å²) in [4.78, 5) is 4.12. The fraction of sp³-hybridized carbons (Fsp3) is 0.158. The lowest BCUT2D eigenvalue weighted by Crippen LogP contribution is -1.99. The van der Waals surface area contributed by atoms with Gasteiger partial charge in [0, 0.05) is 4.47 Å². The highest BCUT2D eigenvalue weighted by Gasteiger charge is 2.06. The molecule has 26 heavy (non-hydrogen) atoms. The molecule has 0 aliphatic rings. The Bertz CT molecular complexity index is 937. The van der Waals surface area contributed by atoms with Gasteiger partial charge in [0.25, 0.3) is 0 Å². The molecule has 0 aliphatic heterocycles. The van der Waals surface area contributed by atoms with Gasteiger partial charge in [-0.05, 0) is 48.4 Å². The number of methoxy groups -OCH3 is 1. The Morgan fingerprint density at radius 1 is 1.23 bits per heavy atom. The minimum atomic E-state index is 0.346. The molecule has 3 aromatic rings. The molecular formula is C19H19BrN4O2. The number of aryl methyl sites for hydroxylation is 1. The van der Waals surface area contributed by atoms with Gasteiger partial charge < -0.3 is 15.2 Å². The molecule has 2 N–H and O–H groups in total. The van der Waals surface area contributed by atoms with Crippen LogP contribution in [0.25, 0.3) is 0 Å². The molecule has 7 heteroatoms. The van der Waals surface area contributed by atoms with E-state index in [-0.39, 0.29) is 0 Å². The van der Waals surface area contributed by atoms with Gasteiger partial charge in [0.15, 0.2) is 11.5 Å². The van der Waals surface area contributed by atoms with Crippen LogP contribution in [0.3, 0.4) is 0 Å². The van der Waals surface area contributed by atoms with E-state index >= 15 is 0 Å². The molecule has 134 valence electrons. The van der Waals surface area contributed by atoms with Crippen LogP contribution >= 0.6 is 15.9 Å². The monoisotopic (exact) mass is 414 g/mol. The number of halogens is 1. The molecule has 0 spiro atoms. The summed E-state index contributed by atoms with van der Waals surface area (Å²) in [5.74, 6) is 1.65. The number of nitrogen functional groups attached to an aromatic ring is 1. The van der Waals surface area contributed by atoms with Gasteiger partial charge in [-0.2, -0.15) is 5.10 Å². The molecule has 0 saturated heterocycles. The van der Waals surface area contributed by atoms with E-state index in [9.17, 15) is 0 Å². The molecule has 0 radical (unpaired) electrons. The van der Waals surface area contributed by atoms with Crippen LogP contribution in [0.4, 0.5) is 5.95 Å². The predicted octanol–water partition coefficient (Wildman–Crippen LogP) is 4.01. The number of rotatable bonds is 6. The number of hydrogen-bond acceptors (Lipinski definition) is 5. The smallest absolute Gasteiger partial charge is 0.221 e. The quantitative estimate of drug-likeness (QED) is 0.618. The van der Waals surface area contributed by atoms with Gasteiger partial charge in [0.2, 0.25) is 5.95 Å². The van der Waals surface area contributed by atoms with Gasteiger partial charge in [-0.1, -0.05) is 28.1 Å². The van der Waals surface area contributed by atoms with Gasteiger partial charge in [0.1, 0.15) is 6.61 Å². The standard InChI is InChI=1S/C19H19BrN4O2/c1-13-11-24(19(21)23-13)22-10-14-6-7-17(25-2)18(9-14)26-12-15-4-3-5-16(20)8-15/h3-11H,12H2,1-2H3,(H2,21,23). The number of anilines is 1. The summed E-state index contributed by atoms with van der Waals surface area (Å²) < 4.78 is 13.9. The maximum atomic E-state index is 5.94. The molecule has 2 aromatic carbocycles. The molecule has 0 fully saturated rings. The van der Waals surface area contributed by atoms with Gasteiger partial charge in [0.05, 0.1) is 25.2 Å². The zero-order valence-electron chi connectivity index (χ0n) is 14.5. The molecule has 1 heterocycles. The first kappa shape index (κ1) is 18.0. The summed E-state index contributed by atoms with van der Waals surface area (Å²) in [5.41, 5.74) is 8.53. The Hall–Kier alpha value is -2.80. The molecule has 3 rings (SSSR count). The molecule has 1 aromatic heterocycles. The first-order valence-electron chi connectivity index (χ1n) is 7.96. The van der Waals surface area contributed by atoms with E-state index in [0.717, 1.165) is 21.3 Å². The lowest BCUT2D eigenvalue weighted by atomic mass is 10.2. The number of ether oxygens (including phenoxy) is 2. The van der Waals surface area contributed by atoms with E-state index < -0.39 is 0 Å². The van der Waals surface area contributed by atoms with Crippen LogP contribution < -0.4 is 15.2 Å². The summed E-state index contributed by atoms with van der Waals surface area (Å²) in [6.07, 6.45) is 3.46. The third-order valence-corrected chi connectivity index (χ3v) is 4.13. The first-order valence-corrected chi connectivity index (χ1v) is 8.75. The Balaban J connectivity index is 1.78. The normalized spacial score (nSPS) is 11.0. The van der Waals surface area contributed by atoms with Crippen LogP contribution in [0.15, 0.2) is 58.2 Å². The first-order chi connectivity index (χ1) is 12.5. The number of aromatic nitrogens is 2. The van der Waals surface area contributed by atoms with Crippen molar-refractivity contribution in [3.63, 3.8) is 0 Å². The van der Waals surface area contributed by atoms with Crippen molar-refractivity contribution in [1.82, 2.24) is 9.66 Å². The summed E-state index contributed by atoms with van der Waals surface area (Å²) in [5, 5.41) is 4.32. The molecular weight excluding hydrogens is 396 g/mol. The summed E-state index contributed by atoms with van der Waals surface area (Å²) in [6.45, 7) is 2.30. The van der Waals surface area contributed by atoms with Crippen LogP contribution in [0.2, 0.25) is 0 Å². The fourth-order valence-corrected chi connectivity index (χ4v) is 2.85. The fourth-order valence-electron chi connectivity index (χ4n) is 2.40. The second-order valence-electron chi connectivity index (χ2n) is 5.66. The Kier molecular flexibility index (Phi) is 5.58. The number of imidazole rings is 1. The van der Waals surface area contributed by atoms with Gasteiger partial charge in [-0.3, -0.25) is 0 Å². The lowest BCUT2D eigenvalue weighted by Gasteiger charge is -2.11. The Labute approximate surface area is 160 Å². The van der Waals surface area contributed by atoms with E-state index in [1.165, 1.54) is 4.68 Å². The molecule has 0 atom stereocenters. The summed E-state index contributed by atoms with van der Waals surface area (Å²) in [6, 6.07) is 13.6. The number of nitrogens with zero attached hydrogens (tertiary/aromatic N) is 3. The van der Waals surface area contributed by atoms with Crippen LogP contribution in [0.5, 0.6) is 11.5 Å². The number of nitrogens with two attached hydrogens (primary N) is 1. The highest BCUT2D eigenvalue weighted by atomic mass is 79.9. The predicted molar refractivity (Wildman–Crippen MR) is 106 cm³/mol. The highest BCUT2D eigenvalue weighted by molar-refractivity contribution is 9.10. The molecule has 0 bridgehead atoms. The highest BCUT2D eigenvalue weighted by Crippen LogP contribution is 2.28. The molecule has 6 nitrogen and oxygen atoms in total. The van der Waals surface area contributed by atoms with Crippen molar-refractivity contribution >= 4 is 28.1 Å². The van der Waals surface area contributed by atoms with Crippen molar-refractivity contribution in [3.05, 3.63) is 70.0 Å². The second-order valence-corrected chi connectivity index (χ2v) is 6.57. The topological polar surface area (TPSA) is 74.7 Å². The van der Waals surface area contributed by atoms with Crippen LogP contribution in [0.1, 0.15) is 16.8 Å². The zero-order valence-corrected chi connectivity index (χ0v) is 16.1. The third-order valence-electron chi connectivity index (χ3n) is 3.64. The van der Waals surface area contributed by atoms with E-state index in [2.05, 4.69) is 26.0 Å². The van der Waals surface area contributed by atoms with Crippen molar-refractivity contribution in [2.24, 2.45) is 5.10 Å². The van der Waals surface area contributed by atoms with Crippen molar-refractivity contribution in [1.29, 1.82) is 0 Å². The molecule has 0 saturated carbocycles. The Morgan fingerprint density at radius 3 is 2.77 bits per heavy atom. The van der Waals surface area contributed by atoms with Crippen molar-refractivity contribution in [3.8, 4) is 11.5 Å². The van der Waals surface area contributed by atoms with E-state index in [1.807, 2.05) is 49.4 Å². The van der Waals surface area contributed by atoms with Crippen molar-refractivity contribution in [2.45, 2.75) is 13.5 Å². The average molecular weight is 415 g/mol. The number of benzene rings is 2. The van der Waals surface area contributed by atoms with Crippen molar-refractivity contribution in [2.75, 3.05) is 12.8 Å². The van der Waals surface area contributed by atoms with Gasteiger partial charge in [-0.25, -0.2) is 9.66 Å². The summed E-state index contributed by atoms with van der Waals surface area (Å²) in [7, 11) is 1.62. The van der Waals surface area contributed by atoms with E-state index in [4.69, 9.17) is 15.2 Å². The Morgan fingerprint density at radius 2 is 2.08 bits per heavy atom. The summed E-state index contributed by atoms with van der Waals surface area (Å²) >= 11 is 3.46. The van der Waals surface area contributed by atoms with Crippen LogP contribution in [-0.4, -0.2) is 23.0 Å². The molecule has 0 amide bonds. The third kappa shape index (κ3) is 4.43. The van der Waals surface area contributed by atoms with Gasteiger partial charge in [-0.15, -0.1) is 0 Å². The largest absolute Gasteiger partial charge is 0.493 e. The molecule has 0 unspecified atom stereocenters. The maximum absolute atomic E-state index is 5.94. The number of hydrogen-bond donors (Lipinski definition) is 1. The van der Waals surface area contributed by atoms with Crippen molar-refractivity contribution < 1.29 is 9.47 Å². The van der Waals surface area contributed by atoms with E-state index in [1.54, 1.807) is 19.5 Å². The SMILES string of the molecule is COc1ccc(C=Nn2cc(C)nc2N)cc1OCc1cccc(Br)c1. The minimum absolute atomic E-state index is 0.346. The zero-order chi connectivity index (χ0) is 18.5.